The highest BCUT2D eigenvalue weighted by Gasteiger charge is 2.13. The first-order valence-corrected chi connectivity index (χ1v) is 8.12. The van der Waals surface area contributed by atoms with Crippen LogP contribution >= 0.6 is 0 Å². The Morgan fingerprint density at radius 3 is 2.54 bits per heavy atom. The number of ether oxygens (including phenoxy) is 1. The molecule has 0 fully saturated rings. The molecule has 1 heterocycles. The molecular weight excluding hydrogens is 300 g/mol. The van der Waals surface area contributed by atoms with Crippen molar-refractivity contribution in [2.24, 2.45) is 7.05 Å². The van der Waals surface area contributed by atoms with Gasteiger partial charge in [0.1, 0.15) is 5.75 Å². The van der Waals surface area contributed by atoms with Crippen LogP contribution in [-0.2, 0) is 7.05 Å². The minimum Gasteiger partial charge on any atom is -0.491 e. The first-order chi connectivity index (χ1) is 11.5. The van der Waals surface area contributed by atoms with Crippen LogP contribution in [0.1, 0.15) is 24.2 Å². The summed E-state index contributed by atoms with van der Waals surface area (Å²) in [4.78, 5) is 12.6. The second-order valence-electron chi connectivity index (χ2n) is 6.14. The number of benzene rings is 2. The van der Waals surface area contributed by atoms with Crippen molar-refractivity contribution < 1.29 is 9.53 Å². The van der Waals surface area contributed by atoms with Crippen LogP contribution in [0, 0.1) is 0 Å². The average molecular weight is 322 g/mol. The van der Waals surface area contributed by atoms with E-state index in [0.29, 0.717) is 0 Å². The normalized spacial score (nSPS) is 11.0. The molecule has 0 saturated heterocycles. The fourth-order valence-corrected chi connectivity index (χ4v) is 2.76. The van der Waals surface area contributed by atoms with Gasteiger partial charge in [0.15, 0.2) is 5.78 Å². The quantitative estimate of drug-likeness (QED) is 0.690. The lowest BCUT2D eigenvalue weighted by Crippen LogP contribution is -2.13. The predicted octanol–water partition coefficient (Wildman–Crippen LogP) is 4.26. The number of aryl methyl sites for hydroxylation is 1. The molecule has 1 N–H and O–H groups in total. The Labute approximate surface area is 142 Å². The number of aromatic nitrogens is 1. The molecule has 0 amide bonds. The van der Waals surface area contributed by atoms with E-state index in [2.05, 4.69) is 5.32 Å². The fraction of sp³-hybridized carbons (Fsp3) is 0.250. The van der Waals surface area contributed by atoms with Gasteiger partial charge in [0, 0.05) is 35.4 Å². The highest BCUT2D eigenvalue weighted by molar-refractivity contribution is 6.09. The third-order valence-corrected chi connectivity index (χ3v) is 3.88. The summed E-state index contributed by atoms with van der Waals surface area (Å²) in [5.41, 5.74) is 2.72. The third kappa shape index (κ3) is 3.43. The molecule has 124 valence electrons. The second kappa shape index (κ2) is 6.79. The van der Waals surface area contributed by atoms with E-state index in [9.17, 15) is 4.79 Å². The number of Topliss-reactive ketones (excluding diaryl/α,β-unsaturated/α-hetero) is 1. The monoisotopic (exact) mass is 322 g/mol. The molecule has 1 aromatic heterocycles. The van der Waals surface area contributed by atoms with Crippen LogP contribution in [0.2, 0.25) is 0 Å². The van der Waals surface area contributed by atoms with E-state index in [4.69, 9.17) is 4.74 Å². The van der Waals surface area contributed by atoms with Crippen LogP contribution in [0.4, 0.5) is 5.69 Å². The Bertz CT molecular complexity index is 848. The van der Waals surface area contributed by atoms with Gasteiger partial charge < -0.3 is 14.6 Å². The maximum absolute atomic E-state index is 12.6. The van der Waals surface area contributed by atoms with E-state index in [1.165, 1.54) is 0 Å². The van der Waals surface area contributed by atoms with Gasteiger partial charge in [-0.1, -0.05) is 18.2 Å². The largest absolute Gasteiger partial charge is 0.491 e. The SMILES string of the molecule is CC(C)Oc1ccc(NCC(=O)c2cn(C)c3ccccc23)cc1. The summed E-state index contributed by atoms with van der Waals surface area (Å²) in [6, 6.07) is 15.6. The molecule has 0 aliphatic carbocycles. The van der Waals surface area contributed by atoms with Crippen molar-refractivity contribution in [3.05, 3.63) is 60.3 Å². The van der Waals surface area contributed by atoms with Crippen LogP contribution in [-0.4, -0.2) is 23.0 Å². The highest BCUT2D eigenvalue weighted by atomic mass is 16.5. The number of nitrogens with one attached hydrogen (secondary N) is 1. The van der Waals surface area contributed by atoms with Gasteiger partial charge in [0.25, 0.3) is 0 Å². The molecule has 0 spiro atoms. The summed E-state index contributed by atoms with van der Waals surface area (Å²) in [6.07, 6.45) is 2.05. The fourth-order valence-electron chi connectivity index (χ4n) is 2.76. The second-order valence-corrected chi connectivity index (χ2v) is 6.14. The molecule has 0 aliphatic rings. The van der Waals surface area contributed by atoms with Crippen molar-refractivity contribution >= 4 is 22.4 Å². The molecular formula is C20H22N2O2. The van der Waals surface area contributed by atoms with Crippen LogP contribution in [0.15, 0.2) is 54.7 Å². The number of fused-ring (bicyclic) bond motifs is 1. The number of carbonyl (C=O) groups is 1. The highest BCUT2D eigenvalue weighted by Crippen LogP contribution is 2.21. The van der Waals surface area contributed by atoms with Gasteiger partial charge >= 0.3 is 0 Å². The molecule has 0 unspecified atom stereocenters. The molecule has 0 saturated carbocycles. The number of hydrogen-bond acceptors (Lipinski definition) is 3. The minimum atomic E-state index is 0.0781. The van der Waals surface area contributed by atoms with Crippen LogP contribution in [0.3, 0.4) is 0 Å². The third-order valence-electron chi connectivity index (χ3n) is 3.88. The van der Waals surface area contributed by atoms with E-state index in [0.717, 1.165) is 27.9 Å². The molecule has 4 heteroatoms. The predicted molar refractivity (Wildman–Crippen MR) is 97.9 cm³/mol. The van der Waals surface area contributed by atoms with E-state index in [1.807, 2.05) is 80.2 Å². The molecule has 3 rings (SSSR count). The summed E-state index contributed by atoms with van der Waals surface area (Å²) >= 11 is 0. The van der Waals surface area contributed by atoms with Crippen LogP contribution in [0.25, 0.3) is 10.9 Å². The number of ketones is 1. The number of nitrogens with zero attached hydrogens (tertiary/aromatic N) is 1. The maximum Gasteiger partial charge on any atom is 0.184 e. The van der Waals surface area contributed by atoms with Gasteiger partial charge in [-0.25, -0.2) is 0 Å². The van der Waals surface area contributed by atoms with Gasteiger partial charge in [-0.2, -0.15) is 0 Å². The van der Waals surface area contributed by atoms with Crippen LogP contribution < -0.4 is 10.1 Å². The van der Waals surface area contributed by atoms with Crippen molar-refractivity contribution in [1.29, 1.82) is 0 Å². The minimum absolute atomic E-state index is 0.0781. The first-order valence-electron chi connectivity index (χ1n) is 8.12. The van der Waals surface area contributed by atoms with Gasteiger partial charge in [0.05, 0.1) is 12.6 Å². The van der Waals surface area contributed by atoms with Crippen molar-refractivity contribution in [2.45, 2.75) is 20.0 Å². The van der Waals surface area contributed by atoms with Gasteiger partial charge in [-0.15, -0.1) is 0 Å². The van der Waals surface area contributed by atoms with Gasteiger partial charge in [-0.3, -0.25) is 4.79 Å². The Morgan fingerprint density at radius 1 is 1.12 bits per heavy atom. The van der Waals surface area contributed by atoms with Gasteiger partial charge in [0.2, 0.25) is 0 Å². The Balaban J connectivity index is 1.69. The van der Waals surface area contributed by atoms with E-state index >= 15 is 0 Å². The number of para-hydroxylation sites is 1. The van der Waals surface area contributed by atoms with E-state index in [1.54, 1.807) is 0 Å². The molecule has 0 bridgehead atoms. The molecule has 0 aliphatic heterocycles. The molecule has 4 nitrogen and oxygen atoms in total. The molecule has 24 heavy (non-hydrogen) atoms. The lowest BCUT2D eigenvalue weighted by atomic mass is 10.1. The number of carbonyl (C=O) groups excluding carboxylic acids is 1. The summed E-state index contributed by atoms with van der Waals surface area (Å²) < 4.78 is 7.60. The lowest BCUT2D eigenvalue weighted by Gasteiger charge is -2.10. The van der Waals surface area contributed by atoms with Crippen molar-refractivity contribution in [2.75, 3.05) is 11.9 Å². The number of hydrogen-bond donors (Lipinski definition) is 1. The zero-order chi connectivity index (χ0) is 17.1. The summed E-state index contributed by atoms with van der Waals surface area (Å²) in [5, 5.41) is 4.18. The molecule has 3 aromatic rings. The maximum atomic E-state index is 12.6. The number of anilines is 1. The lowest BCUT2D eigenvalue weighted by molar-refractivity contribution is 0.101. The van der Waals surface area contributed by atoms with E-state index < -0.39 is 0 Å². The van der Waals surface area contributed by atoms with Crippen LogP contribution in [0.5, 0.6) is 5.75 Å². The van der Waals surface area contributed by atoms with Crippen molar-refractivity contribution in [1.82, 2.24) is 4.57 Å². The molecule has 2 aromatic carbocycles. The Hall–Kier alpha value is -2.75. The standard InChI is InChI=1S/C20H22N2O2/c1-14(2)24-16-10-8-15(9-11-16)21-12-20(23)18-13-22(3)19-7-5-4-6-17(18)19/h4-11,13-14,21H,12H2,1-3H3. The summed E-state index contributed by atoms with van der Waals surface area (Å²) in [6.45, 7) is 4.25. The zero-order valence-electron chi connectivity index (χ0n) is 14.2. The Kier molecular flexibility index (Phi) is 4.56. The summed E-state index contributed by atoms with van der Waals surface area (Å²) in [7, 11) is 1.96. The smallest absolute Gasteiger partial charge is 0.184 e. The van der Waals surface area contributed by atoms with Gasteiger partial charge in [-0.05, 0) is 44.2 Å². The van der Waals surface area contributed by atoms with Crippen molar-refractivity contribution in [3.8, 4) is 5.75 Å². The number of rotatable bonds is 6. The first kappa shape index (κ1) is 16.1. The van der Waals surface area contributed by atoms with E-state index in [-0.39, 0.29) is 18.4 Å². The molecule has 0 radical (unpaired) electrons. The molecule has 0 atom stereocenters. The van der Waals surface area contributed by atoms with Crippen molar-refractivity contribution in [3.63, 3.8) is 0 Å². The average Bonchev–Trinajstić information content (AvgIpc) is 2.91. The summed E-state index contributed by atoms with van der Waals surface area (Å²) in [5.74, 6) is 0.908. The zero-order valence-corrected chi connectivity index (χ0v) is 14.2. The Morgan fingerprint density at radius 2 is 1.83 bits per heavy atom. The topological polar surface area (TPSA) is 43.3 Å².